The average Bonchev–Trinajstić information content (AvgIpc) is 2.34. The van der Waals surface area contributed by atoms with Crippen LogP contribution in [-0.4, -0.2) is 32.1 Å². The lowest BCUT2D eigenvalue weighted by Gasteiger charge is -2.04. The molecule has 1 rings (SSSR count). The summed E-state index contributed by atoms with van der Waals surface area (Å²) in [7, 11) is 1.33. The van der Waals surface area contributed by atoms with Crippen LogP contribution in [0, 0.1) is 0 Å². The topological polar surface area (TPSA) is 44.8 Å². The summed E-state index contributed by atoms with van der Waals surface area (Å²) in [4.78, 5) is 10.7. The second-order valence-corrected chi connectivity index (χ2v) is 2.05. The highest BCUT2D eigenvalue weighted by Gasteiger charge is 2.29. The number of hydrogen-bond acceptors (Lipinski definition) is 4. The van der Waals surface area contributed by atoms with Gasteiger partial charge in [0.1, 0.15) is 0 Å². The molecule has 4 heteroatoms. The maximum atomic E-state index is 10.7. The molecule has 0 unspecified atom stereocenters. The van der Waals surface area contributed by atoms with Crippen molar-refractivity contribution in [3.63, 3.8) is 0 Å². The molecule has 1 heterocycles. The molecule has 1 aliphatic rings. The molecule has 0 N–H and O–H groups in total. The number of ether oxygens (including phenoxy) is 3. The van der Waals surface area contributed by atoms with Gasteiger partial charge in [0.25, 0.3) is 0 Å². The van der Waals surface area contributed by atoms with E-state index in [9.17, 15) is 4.79 Å². The highest BCUT2D eigenvalue weighted by molar-refractivity contribution is 5.74. The van der Waals surface area contributed by atoms with Gasteiger partial charge in [-0.3, -0.25) is 0 Å². The largest absolute Gasteiger partial charge is 0.467 e. The number of rotatable bonds is 1. The van der Waals surface area contributed by atoms with Crippen LogP contribution in [0.2, 0.25) is 0 Å². The maximum Gasteiger partial charge on any atom is 0.337 e. The fraction of sp³-hybridized carbons (Fsp3) is 0.833. The van der Waals surface area contributed by atoms with E-state index >= 15 is 0 Å². The van der Waals surface area contributed by atoms with Gasteiger partial charge in [-0.2, -0.15) is 0 Å². The van der Waals surface area contributed by atoms with Gasteiger partial charge < -0.3 is 14.2 Å². The lowest BCUT2D eigenvalue weighted by Crippen LogP contribution is -2.24. The number of carbonyl (C=O) groups excluding carboxylic acids is 1. The van der Waals surface area contributed by atoms with E-state index in [1.54, 1.807) is 6.92 Å². The van der Waals surface area contributed by atoms with Crippen LogP contribution in [0.25, 0.3) is 0 Å². The highest BCUT2D eigenvalue weighted by atomic mass is 16.7. The van der Waals surface area contributed by atoms with E-state index in [0.29, 0.717) is 6.61 Å². The Balaban J connectivity index is 2.37. The summed E-state index contributed by atoms with van der Waals surface area (Å²) in [6, 6.07) is 0. The molecule has 10 heavy (non-hydrogen) atoms. The second kappa shape index (κ2) is 2.98. The summed E-state index contributed by atoms with van der Waals surface area (Å²) in [6.45, 7) is 2.04. The molecule has 4 nitrogen and oxygen atoms in total. The van der Waals surface area contributed by atoms with Crippen molar-refractivity contribution in [2.75, 3.05) is 13.7 Å². The van der Waals surface area contributed by atoms with E-state index in [2.05, 4.69) is 4.74 Å². The first-order valence-corrected chi connectivity index (χ1v) is 3.09. The van der Waals surface area contributed by atoms with Crippen LogP contribution in [0.1, 0.15) is 6.92 Å². The minimum Gasteiger partial charge on any atom is -0.467 e. The zero-order chi connectivity index (χ0) is 7.56. The van der Waals surface area contributed by atoms with E-state index in [1.165, 1.54) is 7.11 Å². The Labute approximate surface area is 59.1 Å². The van der Waals surface area contributed by atoms with E-state index < -0.39 is 6.10 Å². The minimum absolute atomic E-state index is 0.288. The Morgan fingerprint density at radius 1 is 1.70 bits per heavy atom. The smallest absolute Gasteiger partial charge is 0.337 e. The van der Waals surface area contributed by atoms with Crippen LogP contribution in [0.4, 0.5) is 0 Å². The average molecular weight is 146 g/mol. The molecule has 0 radical (unpaired) electrons. The zero-order valence-electron chi connectivity index (χ0n) is 5.99. The molecule has 0 aromatic rings. The molecule has 0 amide bonds. The Bertz CT molecular complexity index is 134. The second-order valence-electron chi connectivity index (χ2n) is 2.05. The van der Waals surface area contributed by atoms with Crippen molar-refractivity contribution in [2.24, 2.45) is 0 Å². The Morgan fingerprint density at radius 3 is 2.80 bits per heavy atom. The van der Waals surface area contributed by atoms with Crippen molar-refractivity contribution >= 4 is 5.97 Å². The molecule has 0 saturated carbocycles. The molecular formula is C6H10O4. The highest BCUT2D eigenvalue weighted by Crippen LogP contribution is 2.11. The fourth-order valence-electron chi connectivity index (χ4n) is 0.788. The third-order valence-corrected chi connectivity index (χ3v) is 1.30. The predicted octanol–water partition coefficient (Wildman–Crippen LogP) is -0.0792. The molecule has 0 bridgehead atoms. The Hall–Kier alpha value is -0.610. The van der Waals surface area contributed by atoms with Crippen molar-refractivity contribution < 1.29 is 19.0 Å². The normalized spacial score (nSPS) is 32.2. The molecule has 2 atom stereocenters. The van der Waals surface area contributed by atoms with E-state index in [4.69, 9.17) is 9.47 Å². The Morgan fingerprint density at radius 2 is 2.40 bits per heavy atom. The standard InChI is InChI=1S/C6H10O4/c1-4-9-3-5(10-4)6(7)8-2/h4-5H,3H2,1-2H3/t4-,5+/m1/s1. The first kappa shape index (κ1) is 7.50. The monoisotopic (exact) mass is 146 g/mol. The minimum atomic E-state index is -0.528. The van der Waals surface area contributed by atoms with E-state index in [1.807, 2.05) is 0 Å². The zero-order valence-corrected chi connectivity index (χ0v) is 5.99. The molecule has 0 aromatic heterocycles. The SMILES string of the molecule is COC(=O)[C@@H]1CO[C@@H](C)O1. The van der Waals surface area contributed by atoms with Gasteiger partial charge in [0.15, 0.2) is 12.4 Å². The summed E-state index contributed by atoms with van der Waals surface area (Å²) >= 11 is 0. The summed E-state index contributed by atoms with van der Waals surface area (Å²) in [5.74, 6) is -0.371. The molecule has 0 aromatic carbocycles. The number of hydrogen-bond donors (Lipinski definition) is 0. The van der Waals surface area contributed by atoms with Crippen molar-refractivity contribution in [2.45, 2.75) is 19.3 Å². The first-order chi connectivity index (χ1) is 4.74. The number of methoxy groups -OCH3 is 1. The van der Waals surface area contributed by atoms with Gasteiger partial charge in [-0.25, -0.2) is 4.79 Å². The Kier molecular flexibility index (Phi) is 2.24. The van der Waals surface area contributed by atoms with Gasteiger partial charge in [0.05, 0.1) is 13.7 Å². The van der Waals surface area contributed by atoms with Gasteiger partial charge >= 0.3 is 5.97 Å². The van der Waals surface area contributed by atoms with Crippen LogP contribution in [0.15, 0.2) is 0 Å². The van der Waals surface area contributed by atoms with Gasteiger partial charge in [0.2, 0.25) is 0 Å². The third-order valence-electron chi connectivity index (χ3n) is 1.30. The molecule has 58 valence electrons. The van der Waals surface area contributed by atoms with Crippen molar-refractivity contribution in [1.29, 1.82) is 0 Å². The van der Waals surface area contributed by atoms with Crippen molar-refractivity contribution in [1.82, 2.24) is 0 Å². The van der Waals surface area contributed by atoms with Gasteiger partial charge in [-0.05, 0) is 6.92 Å². The predicted molar refractivity (Wildman–Crippen MR) is 32.3 cm³/mol. The van der Waals surface area contributed by atoms with Crippen LogP contribution < -0.4 is 0 Å². The molecule has 1 saturated heterocycles. The molecule has 0 aliphatic carbocycles. The molecule has 1 fully saturated rings. The maximum absolute atomic E-state index is 10.7. The van der Waals surface area contributed by atoms with Crippen LogP contribution in [0.5, 0.6) is 0 Å². The van der Waals surface area contributed by atoms with Crippen molar-refractivity contribution in [3.05, 3.63) is 0 Å². The van der Waals surface area contributed by atoms with Gasteiger partial charge in [-0.15, -0.1) is 0 Å². The summed E-state index contributed by atoms with van der Waals surface area (Å²) < 4.78 is 14.4. The van der Waals surface area contributed by atoms with Gasteiger partial charge in [-0.1, -0.05) is 0 Å². The van der Waals surface area contributed by atoms with Gasteiger partial charge in [0, 0.05) is 0 Å². The summed E-state index contributed by atoms with van der Waals surface area (Å²) in [5, 5.41) is 0. The van der Waals surface area contributed by atoms with Crippen LogP contribution >= 0.6 is 0 Å². The lowest BCUT2D eigenvalue weighted by atomic mass is 10.4. The number of carbonyl (C=O) groups is 1. The third kappa shape index (κ3) is 1.46. The first-order valence-electron chi connectivity index (χ1n) is 3.09. The van der Waals surface area contributed by atoms with E-state index in [-0.39, 0.29) is 12.3 Å². The molecule has 0 spiro atoms. The van der Waals surface area contributed by atoms with Crippen molar-refractivity contribution in [3.8, 4) is 0 Å². The van der Waals surface area contributed by atoms with E-state index in [0.717, 1.165) is 0 Å². The summed E-state index contributed by atoms with van der Waals surface area (Å²) in [5.41, 5.74) is 0. The number of esters is 1. The molecule has 1 aliphatic heterocycles. The fourth-order valence-corrected chi connectivity index (χ4v) is 0.788. The van der Waals surface area contributed by atoms with Crippen LogP contribution in [-0.2, 0) is 19.0 Å². The quantitative estimate of drug-likeness (QED) is 0.485. The lowest BCUT2D eigenvalue weighted by molar-refractivity contribution is -0.153. The molecular weight excluding hydrogens is 136 g/mol. The summed E-state index contributed by atoms with van der Waals surface area (Å²) in [6.07, 6.45) is -0.816. The van der Waals surface area contributed by atoms with Crippen LogP contribution in [0.3, 0.4) is 0 Å².